The lowest BCUT2D eigenvalue weighted by molar-refractivity contribution is 0.413. The fourth-order valence-corrected chi connectivity index (χ4v) is 2.48. The first-order chi connectivity index (χ1) is 9.69. The fourth-order valence-electron chi connectivity index (χ4n) is 2.48. The van der Waals surface area contributed by atoms with Crippen molar-refractivity contribution in [1.82, 2.24) is 5.32 Å². The van der Waals surface area contributed by atoms with E-state index in [4.69, 9.17) is 4.74 Å². The summed E-state index contributed by atoms with van der Waals surface area (Å²) in [5.74, 6) is 0.922. The van der Waals surface area contributed by atoms with Crippen molar-refractivity contribution < 1.29 is 4.74 Å². The summed E-state index contributed by atoms with van der Waals surface area (Å²) in [4.78, 5) is 0. The van der Waals surface area contributed by atoms with Crippen LogP contribution in [-0.4, -0.2) is 13.2 Å². The molecule has 2 atom stereocenters. The summed E-state index contributed by atoms with van der Waals surface area (Å²) in [6, 6.07) is 19.6. The van der Waals surface area contributed by atoms with Gasteiger partial charge in [0.2, 0.25) is 0 Å². The quantitative estimate of drug-likeness (QED) is 0.854. The fraction of sp³-hybridized carbons (Fsp3) is 0.333. The highest BCUT2D eigenvalue weighted by atomic mass is 35.5. The third-order valence-electron chi connectivity index (χ3n) is 3.51. The summed E-state index contributed by atoms with van der Waals surface area (Å²) in [6.07, 6.45) is 0.994. The number of halogens is 1. The average Bonchev–Trinajstić information content (AvgIpc) is 2.48. The lowest BCUT2D eigenvalue weighted by Gasteiger charge is -2.20. The van der Waals surface area contributed by atoms with E-state index in [0.29, 0.717) is 12.1 Å². The molecular formula is C18H24ClNO. The van der Waals surface area contributed by atoms with Gasteiger partial charge in [-0.2, -0.15) is 0 Å². The predicted octanol–water partition coefficient (Wildman–Crippen LogP) is 4.40. The second-order valence-corrected chi connectivity index (χ2v) is 5.26. The van der Waals surface area contributed by atoms with Gasteiger partial charge in [-0.3, -0.25) is 0 Å². The zero-order valence-electron chi connectivity index (χ0n) is 12.9. The molecule has 0 amide bonds. The molecule has 1 unspecified atom stereocenters. The summed E-state index contributed by atoms with van der Waals surface area (Å²) in [5, 5.41) is 3.64. The third-order valence-corrected chi connectivity index (χ3v) is 3.51. The van der Waals surface area contributed by atoms with Gasteiger partial charge in [-0.1, -0.05) is 42.5 Å². The molecule has 2 nitrogen and oxygen atoms in total. The van der Waals surface area contributed by atoms with E-state index in [1.807, 2.05) is 12.1 Å². The normalized spacial score (nSPS) is 13.1. The molecule has 2 aromatic rings. The summed E-state index contributed by atoms with van der Waals surface area (Å²) >= 11 is 0. The van der Waals surface area contributed by atoms with Gasteiger partial charge in [0.25, 0.3) is 0 Å². The van der Waals surface area contributed by atoms with Gasteiger partial charge in [0.05, 0.1) is 7.11 Å². The van der Waals surface area contributed by atoms with Gasteiger partial charge in [0.1, 0.15) is 5.75 Å². The van der Waals surface area contributed by atoms with E-state index in [1.54, 1.807) is 7.11 Å². The maximum atomic E-state index is 5.27. The van der Waals surface area contributed by atoms with E-state index in [2.05, 4.69) is 61.6 Å². The van der Waals surface area contributed by atoms with Crippen LogP contribution in [0.25, 0.3) is 0 Å². The van der Waals surface area contributed by atoms with Crippen LogP contribution in [0, 0.1) is 0 Å². The number of nitrogens with one attached hydrogen (secondary N) is 1. The predicted molar refractivity (Wildman–Crippen MR) is 91.4 cm³/mol. The van der Waals surface area contributed by atoms with Crippen molar-refractivity contribution in [2.24, 2.45) is 0 Å². The van der Waals surface area contributed by atoms with E-state index in [0.717, 1.165) is 12.2 Å². The van der Waals surface area contributed by atoms with Gasteiger partial charge in [0, 0.05) is 12.1 Å². The standard InChI is InChI=1S/C18H23NO.ClH/c1-14(12-16-8-7-11-18(13-16)20-3)19-15(2)17-9-5-4-6-10-17;/h4-11,13-15,19H,12H2,1-3H3;1H/t14?,15-;/m0./s1. The van der Waals surface area contributed by atoms with Crippen molar-refractivity contribution in [2.75, 3.05) is 7.11 Å². The molecule has 1 N–H and O–H groups in total. The molecule has 0 spiro atoms. The van der Waals surface area contributed by atoms with Crippen LogP contribution in [0.1, 0.15) is 31.0 Å². The van der Waals surface area contributed by atoms with Crippen LogP contribution in [0.15, 0.2) is 54.6 Å². The number of benzene rings is 2. The Morgan fingerprint density at radius 1 is 1.00 bits per heavy atom. The molecule has 114 valence electrons. The number of ether oxygens (including phenoxy) is 1. The molecule has 0 saturated carbocycles. The van der Waals surface area contributed by atoms with Crippen molar-refractivity contribution in [3.63, 3.8) is 0 Å². The highest BCUT2D eigenvalue weighted by Crippen LogP contribution is 2.16. The smallest absolute Gasteiger partial charge is 0.119 e. The van der Waals surface area contributed by atoms with Crippen molar-refractivity contribution in [3.05, 3.63) is 65.7 Å². The third kappa shape index (κ3) is 5.41. The molecule has 0 aliphatic heterocycles. The van der Waals surface area contributed by atoms with Gasteiger partial charge in [-0.15, -0.1) is 12.4 Å². The molecule has 3 heteroatoms. The van der Waals surface area contributed by atoms with Crippen molar-refractivity contribution in [3.8, 4) is 5.75 Å². The van der Waals surface area contributed by atoms with Gasteiger partial charge in [-0.25, -0.2) is 0 Å². The van der Waals surface area contributed by atoms with Gasteiger partial charge in [0.15, 0.2) is 0 Å². The molecule has 0 heterocycles. The van der Waals surface area contributed by atoms with Crippen molar-refractivity contribution in [2.45, 2.75) is 32.4 Å². The Morgan fingerprint density at radius 2 is 1.71 bits per heavy atom. The van der Waals surface area contributed by atoms with E-state index in [1.165, 1.54) is 11.1 Å². The van der Waals surface area contributed by atoms with Crippen LogP contribution in [0.3, 0.4) is 0 Å². The van der Waals surface area contributed by atoms with Crippen LogP contribution in [0.5, 0.6) is 5.75 Å². The Bertz CT molecular complexity index is 530. The molecule has 2 rings (SSSR count). The average molecular weight is 306 g/mol. The first-order valence-electron chi connectivity index (χ1n) is 7.13. The maximum Gasteiger partial charge on any atom is 0.119 e. The number of hydrogen-bond acceptors (Lipinski definition) is 2. The van der Waals surface area contributed by atoms with Crippen molar-refractivity contribution in [1.29, 1.82) is 0 Å². The van der Waals surface area contributed by atoms with E-state index < -0.39 is 0 Å². The second kappa shape index (κ2) is 8.71. The highest BCUT2D eigenvalue weighted by Gasteiger charge is 2.10. The first-order valence-corrected chi connectivity index (χ1v) is 7.13. The zero-order valence-corrected chi connectivity index (χ0v) is 13.7. The van der Waals surface area contributed by atoms with Gasteiger partial charge in [-0.05, 0) is 43.5 Å². The molecular weight excluding hydrogens is 282 g/mol. The minimum Gasteiger partial charge on any atom is -0.497 e. The molecule has 0 aromatic heterocycles. The lowest BCUT2D eigenvalue weighted by Crippen LogP contribution is -2.30. The molecule has 0 radical (unpaired) electrons. The topological polar surface area (TPSA) is 21.3 Å². The molecule has 0 fully saturated rings. The molecule has 0 aliphatic carbocycles. The first kappa shape index (κ1) is 17.5. The van der Waals surface area contributed by atoms with Gasteiger partial charge >= 0.3 is 0 Å². The summed E-state index contributed by atoms with van der Waals surface area (Å²) in [7, 11) is 1.71. The highest BCUT2D eigenvalue weighted by molar-refractivity contribution is 5.85. The maximum absolute atomic E-state index is 5.27. The monoisotopic (exact) mass is 305 g/mol. The van der Waals surface area contributed by atoms with E-state index >= 15 is 0 Å². The molecule has 2 aromatic carbocycles. The Balaban J connectivity index is 0.00000220. The van der Waals surface area contributed by atoms with Crippen LogP contribution >= 0.6 is 12.4 Å². The minimum absolute atomic E-state index is 0. The molecule has 0 saturated heterocycles. The number of hydrogen-bond donors (Lipinski definition) is 1. The summed E-state index contributed by atoms with van der Waals surface area (Å²) in [5.41, 5.74) is 2.62. The number of methoxy groups -OCH3 is 1. The Morgan fingerprint density at radius 3 is 2.38 bits per heavy atom. The SMILES string of the molecule is COc1cccc(CC(C)N[C@@H](C)c2ccccc2)c1.Cl. The molecule has 0 aliphatic rings. The Kier molecular flexibility index (Phi) is 7.27. The largest absolute Gasteiger partial charge is 0.497 e. The lowest BCUT2D eigenvalue weighted by atomic mass is 10.0. The van der Waals surface area contributed by atoms with Crippen LogP contribution in [-0.2, 0) is 6.42 Å². The molecule has 21 heavy (non-hydrogen) atoms. The molecule has 0 bridgehead atoms. The Hall–Kier alpha value is -1.51. The summed E-state index contributed by atoms with van der Waals surface area (Å²) < 4.78 is 5.27. The van der Waals surface area contributed by atoms with E-state index in [-0.39, 0.29) is 12.4 Å². The van der Waals surface area contributed by atoms with Crippen LogP contribution < -0.4 is 10.1 Å². The Labute approximate surface area is 133 Å². The van der Waals surface area contributed by atoms with Gasteiger partial charge < -0.3 is 10.1 Å². The second-order valence-electron chi connectivity index (χ2n) is 5.26. The van der Waals surface area contributed by atoms with Crippen LogP contribution in [0.4, 0.5) is 0 Å². The van der Waals surface area contributed by atoms with Crippen LogP contribution in [0.2, 0.25) is 0 Å². The number of rotatable bonds is 6. The summed E-state index contributed by atoms with van der Waals surface area (Å²) in [6.45, 7) is 4.43. The zero-order chi connectivity index (χ0) is 14.4. The minimum atomic E-state index is 0. The van der Waals surface area contributed by atoms with E-state index in [9.17, 15) is 0 Å². The van der Waals surface area contributed by atoms with Crippen molar-refractivity contribution >= 4 is 12.4 Å².